The zero-order chi connectivity index (χ0) is 16.4. The van der Waals surface area contributed by atoms with Crippen LogP contribution in [0.15, 0.2) is 24.3 Å². The van der Waals surface area contributed by atoms with E-state index in [1.807, 2.05) is 7.05 Å². The number of halogens is 1. The third kappa shape index (κ3) is 3.47. The van der Waals surface area contributed by atoms with Gasteiger partial charge in [0.25, 0.3) is 5.91 Å². The fraction of sp³-hybridized carbons (Fsp3) is 0.529. The number of hydrogen-bond donors (Lipinski definition) is 2. The van der Waals surface area contributed by atoms with Gasteiger partial charge in [-0.15, -0.1) is 0 Å². The lowest BCUT2D eigenvalue weighted by Gasteiger charge is -2.50. The Morgan fingerprint density at radius 2 is 2.00 bits per heavy atom. The van der Waals surface area contributed by atoms with Gasteiger partial charge in [0.05, 0.1) is 0 Å². The molecule has 0 aliphatic carbocycles. The van der Waals surface area contributed by atoms with Crippen molar-refractivity contribution in [3.63, 3.8) is 0 Å². The Kier molecular flexibility index (Phi) is 4.80. The van der Waals surface area contributed by atoms with Crippen molar-refractivity contribution in [1.82, 2.24) is 15.5 Å². The molecule has 3 atom stereocenters. The van der Waals surface area contributed by atoms with Gasteiger partial charge in [0.2, 0.25) is 0 Å². The standard InChI is InChI=1S/C17H22FN3OS/c1-19-17(23)21-14-6-3-7-15(21)10-13(9-14)20-16(22)11-4-2-5-12(18)8-11/h2,4-5,8,13-15H,3,6-7,9-10H2,1H3,(H,19,23)(H,20,22)/t13?,14-,15+. The van der Waals surface area contributed by atoms with E-state index in [4.69, 9.17) is 12.2 Å². The number of fused-ring (bicyclic) bond motifs is 2. The first-order valence-corrected chi connectivity index (χ1v) is 8.56. The summed E-state index contributed by atoms with van der Waals surface area (Å²) in [4.78, 5) is 14.6. The van der Waals surface area contributed by atoms with Crippen molar-refractivity contribution < 1.29 is 9.18 Å². The minimum Gasteiger partial charge on any atom is -0.366 e. The molecule has 0 aromatic heterocycles. The summed E-state index contributed by atoms with van der Waals surface area (Å²) in [6.45, 7) is 0. The van der Waals surface area contributed by atoms with E-state index in [0.717, 1.165) is 30.8 Å². The van der Waals surface area contributed by atoms with Gasteiger partial charge in [-0.2, -0.15) is 0 Å². The van der Waals surface area contributed by atoms with Crippen LogP contribution in [0, 0.1) is 5.82 Å². The molecular formula is C17H22FN3OS. The molecule has 2 heterocycles. The van der Waals surface area contributed by atoms with Gasteiger partial charge in [0, 0.05) is 30.7 Å². The minimum atomic E-state index is -0.385. The molecule has 6 heteroatoms. The van der Waals surface area contributed by atoms with Crippen LogP contribution in [-0.4, -0.2) is 41.1 Å². The van der Waals surface area contributed by atoms with E-state index >= 15 is 0 Å². The lowest BCUT2D eigenvalue weighted by Crippen LogP contribution is -2.60. The van der Waals surface area contributed by atoms with Crippen LogP contribution in [-0.2, 0) is 0 Å². The van der Waals surface area contributed by atoms with Gasteiger partial charge in [-0.3, -0.25) is 4.79 Å². The predicted octanol–water partition coefficient (Wildman–Crippen LogP) is 2.45. The van der Waals surface area contributed by atoms with E-state index < -0.39 is 0 Å². The number of amides is 1. The summed E-state index contributed by atoms with van der Waals surface area (Å²) < 4.78 is 13.3. The average molecular weight is 335 g/mol. The summed E-state index contributed by atoms with van der Waals surface area (Å²) in [6.07, 6.45) is 5.19. The molecule has 0 spiro atoms. The zero-order valence-electron chi connectivity index (χ0n) is 13.2. The molecule has 3 rings (SSSR count). The minimum absolute atomic E-state index is 0.122. The highest BCUT2D eigenvalue weighted by Gasteiger charge is 2.39. The van der Waals surface area contributed by atoms with Crippen LogP contribution in [0.1, 0.15) is 42.5 Å². The van der Waals surface area contributed by atoms with Crippen LogP contribution in [0.3, 0.4) is 0 Å². The van der Waals surface area contributed by atoms with Crippen molar-refractivity contribution in [3.05, 3.63) is 35.6 Å². The lowest BCUT2D eigenvalue weighted by atomic mass is 9.82. The molecular weight excluding hydrogens is 313 g/mol. The van der Waals surface area contributed by atoms with Gasteiger partial charge in [0.1, 0.15) is 5.82 Å². The fourth-order valence-electron chi connectivity index (χ4n) is 3.86. The number of piperidine rings is 2. The van der Waals surface area contributed by atoms with E-state index in [-0.39, 0.29) is 17.8 Å². The van der Waals surface area contributed by atoms with E-state index in [1.165, 1.54) is 18.6 Å². The molecule has 2 saturated heterocycles. The number of hydrogen-bond acceptors (Lipinski definition) is 2. The van der Waals surface area contributed by atoms with E-state index in [2.05, 4.69) is 15.5 Å². The molecule has 1 amide bonds. The highest BCUT2D eigenvalue weighted by Crippen LogP contribution is 2.34. The second-order valence-electron chi connectivity index (χ2n) is 6.35. The molecule has 2 aliphatic rings. The summed E-state index contributed by atoms with van der Waals surface area (Å²) >= 11 is 5.43. The van der Waals surface area contributed by atoms with Crippen molar-refractivity contribution in [3.8, 4) is 0 Å². The molecule has 2 bridgehead atoms. The van der Waals surface area contributed by atoms with E-state index in [0.29, 0.717) is 17.6 Å². The van der Waals surface area contributed by atoms with Gasteiger partial charge in [-0.1, -0.05) is 6.07 Å². The molecule has 1 aromatic rings. The van der Waals surface area contributed by atoms with Crippen molar-refractivity contribution in [1.29, 1.82) is 0 Å². The molecule has 0 saturated carbocycles. The second-order valence-corrected chi connectivity index (χ2v) is 6.74. The Morgan fingerprint density at radius 1 is 1.30 bits per heavy atom. The molecule has 1 aromatic carbocycles. The van der Waals surface area contributed by atoms with Crippen molar-refractivity contribution >= 4 is 23.2 Å². The largest absolute Gasteiger partial charge is 0.366 e. The number of nitrogens with zero attached hydrogens (tertiary/aromatic N) is 1. The second kappa shape index (κ2) is 6.83. The maximum Gasteiger partial charge on any atom is 0.251 e. The molecule has 124 valence electrons. The summed E-state index contributed by atoms with van der Waals surface area (Å²) in [5.41, 5.74) is 0.378. The Hall–Kier alpha value is -1.69. The summed E-state index contributed by atoms with van der Waals surface area (Å²) in [6, 6.07) is 6.70. The first-order valence-electron chi connectivity index (χ1n) is 8.15. The Morgan fingerprint density at radius 3 is 2.61 bits per heavy atom. The SMILES string of the molecule is CNC(=S)N1[C@@H]2CCC[C@H]1CC(NC(=O)c1cccc(F)c1)C2. The summed E-state index contributed by atoms with van der Waals surface area (Å²) in [5.74, 6) is -0.582. The van der Waals surface area contributed by atoms with Crippen molar-refractivity contribution in [2.75, 3.05) is 7.05 Å². The van der Waals surface area contributed by atoms with Gasteiger partial charge >= 0.3 is 0 Å². The van der Waals surface area contributed by atoms with Gasteiger partial charge in [-0.25, -0.2) is 4.39 Å². The number of carbonyl (C=O) groups excluding carboxylic acids is 1. The fourth-order valence-corrected chi connectivity index (χ4v) is 4.16. The van der Waals surface area contributed by atoms with Crippen molar-refractivity contribution in [2.45, 2.75) is 50.2 Å². The van der Waals surface area contributed by atoms with Crippen molar-refractivity contribution in [2.24, 2.45) is 0 Å². The van der Waals surface area contributed by atoms with Crippen LogP contribution in [0.25, 0.3) is 0 Å². The summed E-state index contributed by atoms with van der Waals surface area (Å²) in [5, 5.41) is 6.95. The number of rotatable bonds is 2. The highest BCUT2D eigenvalue weighted by atomic mass is 32.1. The topological polar surface area (TPSA) is 44.4 Å². The van der Waals surface area contributed by atoms with Crippen LogP contribution in [0.4, 0.5) is 4.39 Å². The predicted molar refractivity (Wildman–Crippen MR) is 91.8 cm³/mol. The molecule has 0 radical (unpaired) electrons. The van der Waals surface area contributed by atoms with Crippen LogP contribution in [0.2, 0.25) is 0 Å². The average Bonchev–Trinajstić information content (AvgIpc) is 2.53. The van der Waals surface area contributed by atoms with Gasteiger partial charge < -0.3 is 15.5 Å². The number of nitrogens with one attached hydrogen (secondary N) is 2. The third-order valence-corrected chi connectivity index (χ3v) is 5.26. The van der Waals surface area contributed by atoms with E-state index in [1.54, 1.807) is 12.1 Å². The van der Waals surface area contributed by atoms with Crippen LogP contribution >= 0.6 is 12.2 Å². The van der Waals surface area contributed by atoms with Crippen LogP contribution in [0.5, 0.6) is 0 Å². The first-order chi connectivity index (χ1) is 11.1. The lowest BCUT2D eigenvalue weighted by molar-refractivity contribution is 0.0742. The Labute approximate surface area is 141 Å². The quantitative estimate of drug-likeness (QED) is 0.815. The number of thiocarbonyl (C=S) groups is 1. The molecule has 2 fully saturated rings. The number of benzene rings is 1. The summed E-state index contributed by atoms with van der Waals surface area (Å²) in [7, 11) is 1.86. The Balaban J connectivity index is 1.67. The molecule has 4 nitrogen and oxygen atoms in total. The highest BCUT2D eigenvalue weighted by molar-refractivity contribution is 7.80. The van der Waals surface area contributed by atoms with Crippen LogP contribution < -0.4 is 10.6 Å². The zero-order valence-corrected chi connectivity index (χ0v) is 14.0. The monoisotopic (exact) mass is 335 g/mol. The smallest absolute Gasteiger partial charge is 0.251 e. The molecule has 23 heavy (non-hydrogen) atoms. The molecule has 1 unspecified atom stereocenters. The maximum absolute atomic E-state index is 13.3. The first kappa shape index (κ1) is 16.2. The molecule has 2 N–H and O–H groups in total. The van der Waals surface area contributed by atoms with Gasteiger partial charge in [-0.05, 0) is 62.5 Å². The Bertz CT molecular complexity index is 595. The van der Waals surface area contributed by atoms with Gasteiger partial charge in [0.15, 0.2) is 5.11 Å². The van der Waals surface area contributed by atoms with E-state index in [9.17, 15) is 9.18 Å². The normalized spacial score (nSPS) is 26.5. The molecule has 2 aliphatic heterocycles. The maximum atomic E-state index is 13.3. The number of carbonyl (C=O) groups is 1. The third-order valence-electron chi connectivity index (χ3n) is 4.85.